The maximum absolute atomic E-state index is 12.7. The van der Waals surface area contributed by atoms with Gasteiger partial charge in [-0.1, -0.05) is 176 Å². The molecule has 6 heteroatoms. The summed E-state index contributed by atoms with van der Waals surface area (Å²) in [5, 5.41) is 0. The van der Waals surface area contributed by atoms with Crippen LogP contribution in [0, 0.1) is 0 Å². The first kappa shape index (κ1) is 51.6. The average Bonchev–Trinajstić information content (AvgIpc) is 3.18. The molecule has 0 bridgehead atoms. The Morgan fingerprint density at radius 1 is 0.382 bits per heavy atom. The van der Waals surface area contributed by atoms with Gasteiger partial charge < -0.3 is 14.2 Å². The van der Waals surface area contributed by atoms with Gasteiger partial charge in [0.15, 0.2) is 6.10 Å². The van der Waals surface area contributed by atoms with Crippen molar-refractivity contribution < 1.29 is 28.6 Å². The molecule has 0 spiro atoms. The van der Waals surface area contributed by atoms with Crippen molar-refractivity contribution in [3.63, 3.8) is 0 Å². The molecule has 0 radical (unpaired) electrons. The van der Waals surface area contributed by atoms with E-state index in [2.05, 4.69) is 51.2 Å². The number of ether oxygens (including phenoxy) is 3. The third-order valence-corrected chi connectivity index (χ3v) is 8.98. The van der Waals surface area contributed by atoms with Crippen LogP contribution in [0.5, 0.6) is 0 Å². The summed E-state index contributed by atoms with van der Waals surface area (Å²) in [5.41, 5.74) is 0. The lowest BCUT2D eigenvalue weighted by Gasteiger charge is -2.18. The zero-order chi connectivity index (χ0) is 40.1. The topological polar surface area (TPSA) is 78.9 Å². The van der Waals surface area contributed by atoms with Crippen molar-refractivity contribution >= 4 is 17.9 Å². The van der Waals surface area contributed by atoms with E-state index in [0.717, 1.165) is 77.0 Å². The number of rotatable bonds is 38. The standard InChI is InChI=1S/C49H80O6/c1-4-7-10-13-16-19-22-24-27-30-33-36-39-42-48(51)54-45-46(44-53-47(50)41-38-35-32-29-26-21-18-15-12-9-6-3)55-49(52)43-40-37-34-31-28-25-23-20-17-14-11-8-5-2/h7,10,13,15-16,18-19,22,24-25,27-28,30,33,46H,4-6,8-9,11-12,14,17,20-21,23,26,29,31-32,34-45H2,1-3H3/b10-7-,16-13-,18-15-,22-19-,27-24-,28-25-,33-30-. The van der Waals surface area contributed by atoms with Crippen LogP contribution in [0.1, 0.15) is 188 Å². The second kappa shape index (κ2) is 43.3. The molecule has 0 aromatic carbocycles. The molecule has 1 unspecified atom stereocenters. The van der Waals surface area contributed by atoms with Crippen LogP contribution in [-0.2, 0) is 28.6 Å². The van der Waals surface area contributed by atoms with Gasteiger partial charge in [0.2, 0.25) is 0 Å². The highest BCUT2D eigenvalue weighted by atomic mass is 16.6. The van der Waals surface area contributed by atoms with Crippen LogP contribution in [0.25, 0.3) is 0 Å². The van der Waals surface area contributed by atoms with E-state index in [9.17, 15) is 14.4 Å². The van der Waals surface area contributed by atoms with Crippen LogP contribution < -0.4 is 0 Å². The second-order valence-electron chi connectivity index (χ2n) is 14.3. The second-order valence-corrected chi connectivity index (χ2v) is 14.3. The zero-order valence-corrected chi connectivity index (χ0v) is 35.4. The molecule has 0 amide bonds. The highest BCUT2D eigenvalue weighted by Gasteiger charge is 2.19. The predicted octanol–water partition coefficient (Wildman–Crippen LogP) is 14.1. The van der Waals surface area contributed by atoms with E-state index in [-0.39, 0.29) is 44.0 Å². The molecule has 0 N–H and O–H groups in total. The van der Waals surface area contributed by atoms with Crippen LogP contribution >= 0.6 is 0 Å². The van der Waals surface area contributed by atoms with Crippen LogP contribution in [-0.4, -0.2) is 37.2 Å². The van der Waals surface area contributed by atoms with Crippen molar-refractivity contribution in [1.29, 1.82) is 0 Å². The Morgan fingerprint density at radius 3 is 1.29 bits per heavy atom. The number of allylic oxidation sites excluding steroid dienone is 14. The van der Waals surface area contributed by atoms with Gasteiger partial charge in [0.05, 0.1) is 0 Å². The number of esters is 3. The minimum Gasteiger partial charge on any atom is -0.462 e. The first-order valence-corrected chi connectivity index (χ1v) is 22.2. The number of hydrogen-bond donors (Lipinski definition) is 0. The van der Waals surface area contributed by atoms with Crippen molar-refractivity contribution in [2.45, 2.75) is 194 Å². The van der Waals surface area contributed by atoms with Gasteiger partial charge in [0, 0.05) is 19.3 Å². The van der Waals surface area contributed by atoms with Crippen molar-refractivity contribution in [2.24, 2.45) is 0 Å². The molecule has 0 aliphatic rings. The lowest BCUT2D eigenvalue weighted by molar-refractivity contribution is -0.167. The van der Waals surface area contributed by atoms with E-state index in [0.29, 0.717) is 12.8 Å². The maximum atomic E-state index is 12.7. The monoisotopic (exact) mass is 765 g/mol. The van der Waals surface area contributed by atoms with Crippen molar-refractivity contribution in [3.05, 3.63) is 85.1 Å². The van der Waals surface area contributed by atoms with Crippen LogP contribution in [0.15, 0.2) is 85.1 Å². The molecule has 1 atom stereocenters. The van der Waals surface area contributed by atoms with Gasteiger partial charge in [-0.25, -0.2) is 0 Å². The molecule has 0 aromatic rings. The minimum absolute atomic E-state index is 0.111. The molecule has 0 aliphatic carbocycles. The largest absolute Gasteiger partial charge is 0.462 e. The van der Waals surface area contributed by atoms with Gasteiger partial charge in [-0.05, 0) is 77.0 Å². The number of carbonyl (C=O) groups excluding carboxylic acids is 3. The first-order valence-electron chi connectivity index (χ1n) is 22.2. The van der Waals surface area contributed by atoms with Crippen LogP contribution in [0.3, 0.4) is 0 Å². The highest BCUT2D eigenvalue weighted by molar-refractivity contribution is 5.71. The quantitative estimate of drug-likeness (QED) is 0.0205. The SMILES string of the molecule is CC\C=C/C=C\C=C/C=C\C=C/CCCC(=O)OCC(COC(=O)CCCCCCC/C=C\CCCC)OC(=O)CCCCC/C=C\CCCCCCCC. The van der Waals surface area contributed by atoms with Gasteiger partial charge in [-0.15, -0.1) is 0 Å². The minimum atomic E-state index is -0.814. The van der Waals surface area contributed by atoms with E-state index >= 15 is 0 Å². The lowest BCUT2D eigenvalue weighted by Crippen LogP contribution is -2.30. The molecule has 312 valence electrons. The van der Waals surface area contributed by atoms with E-state index in [1.807, 2.05) is 54.7 Å². The fourth-order valence-corrected chi connectivity index (χ4v) is 5.62. The van der Waals surface area contributed by atoms with Crippen LogP contribution in [0.4, 0.5) is 0 Å². The molecular weight excluding hydrogens is 685 g/mol. The molecule has 0 saturated carbocycles. The molecular formula is C49H80O6. The molecule has 6 nitrogen and oxygen atoms in total. The fraction of sp³-hybridized carbons (Fsp3) is 0.653. The van der Waals surface area contributed by atoms with Gasteiger partial charge in [0.1, 0.15) is 13.2 Å². The smallest absolute Gasteiger partial charge is 0.306 e. The highest BCUT2D eigenvalue weighted by Crippen LogP contribution is 2.12. The van der Waals surface area contributed by atoms with Gasteiger partial charge in [0.25, 0.3) is 0 Å². The average molecular weight is 765 g/mol. The Labute approximate surface area is 337 Å². The van der Waals surface area contributed by atoms with Crippen molar-refractivity contribution in [1.82, 2.24) is 0 Å². The number of hydrogen-bond acceptors (Lipinski definition) is 6. The maximum Gasteiger partial charge on any atom is 0.306 e. The third-order valence-electron chi connectivity index (χ3n) is 8.98. The normalized spacial score (nSPS) is 12.9. The molecule has 0 heterocycles. The van der Waals surface area contributed by atoms with E-state index < -0.39 is 6.10 Å². The molecule has 55 heavy (non-hydrogen) atoms. The molecule has 0 aliphatic heterocycles. The summed E-state index contributed by atoms with van der Waals surface area (Å²) >= 11 is 0. The summed E-state index contributed by atoms with van der Waals surface area (Å²) in [7, 11) is 0. The summed E-state index contributed by atoms with van der Waals surface area (Å²) < 4.78 is 16.6. The third kappa shape index (κ3) is 41.6. The van der Waals surface area contributed by atoms with E-state index in [4.69, 9.17) is 14.2 Å². The van der Waals surface area contributed by atoms with Crippen molar-refractivity contribution in [2.75, 3.05) is 13.2 Å². The van der Waals surface area contributed by atoms with Crippen LogP contribution in [0.2, 0.25) is 0 Å². The summed E-state index contributed by atoms with van der Waals surface area (Å²) in [6.45, 7) is 6.33. The Kier molecular flexibility index (Phi) is 40.6. The summed E-state index contributed by atoms with van der Waals surface area (Å²) in [4.78, 5) is 37.6. The first-order chi connectivity index (χ1) is 27.0. The molecule has 0 aromatic heterocycles. The van der Waals surface area contributed by atoms with E-state index in [1.54, 1.807) is 0 Å². The Balaban J connectivity index is 4.55. The van der Waals surface area contributed by atoms with Gasteiger partial charge in [-0.3, -0.25) is 14.4 Å². The fourth-order valence-electron chi connectivity index (χ4n) is 5.62. The molecule has 0 saturated heterocycles. The Morgan fingerprint density at radius 2 is 0.764 bits per heavy atom. The predicted molar refractivity (Wildman–Crippen MR) is 233 cm³/mol. The van der Waals surface area contributed by atoms with Gasteiger partial charge in [-0.2, -0.15) is 0 Å². The lowest BCUT2D eigenvalue weighted by atomic mass is 10.1. The zero-order valence-electron chi connectivity index (χ0n) is 35.4. The Hall–Kier alpha value is -3.41. The summed E-state index contributed by atoms with van der Waals surface area (Å²) in [5.74, 6) is -1.02. The summed E-state index contributed by atoms with van der Waals surface area (Å²) in [6.07, 6.45) is 54.3. The number of unbranched alkanes of at least 4 members (excludes halogenated alkanes) is 17. The van der Waals surface area contributed by atoms with Crippen molar-refractivity contribution in [3.8, 4) is 0 Å². The molecule has 0 rings (SSSR count). The summed E-state index contributed by atoms with van der Waals surface area (Å²) in [6, 6.07) is 0. The van der Waals surface area contributed by atoms with E-state index in [1.165, 1.54) is 64.2 Å². The van der Waals surface area contributed by atoms with Gasteiger partial charge >= 0.3 is 17.9 Å². The number of carbonyl (C=O) groups is 3. The molecule has 0 fully saturated rings. The Bertz CT molecular complexity index is 1110.